The number of nitrogens with zero attached hydrogens (tertiary/aromatic N) is 1. The molecule has 13 heteroatoms. The van der Waals surface area contributed by atoms with Crippen LogP contribution in [-0.4, -0.2) is 76.0 Å². The maximum Gasteiger partial charge on any atom is 0.267 e. The SMILES string of the molecule is CC(C)[Si](OCC[C@@H](O)CNC(=O)c1ccc(-c2cc(Oc3ccc(S(C)(=O)=O)nc3)cc(O[C@@H](C)CF)c2)[nH]1)(C(C)C)C(C)C. The minimum atomic E-state index is -3.47. The largest absolute Gasteiger partial charge is 0.488 e. The molecule has 0 radical (unpaired) electrons. The van der Waals surface area contributed by atoms with Crippen LogP contribution in [0.25, 0.3) is 11.3 Å². The van der Waals surface area contributed by atoms with E-state index >= 15 is 0 Å². The summed E-state index contributed by atoms with van der Waals surface area (Å²) < 4.78 is 54.9. The van der Waals surface area contributed by atoms with E-state index in [1.807, 2.05) is 0 Å². The van der Waals surface area contributed by atoms with Gasteiger partial charge in [0.25, 0.3) is 5.91 Å². The van der Waals surface area contributed by atoms with Crippen molar-refractivity contribution >= 4 is 24.1 Å². The number of halogens is 1. The summed E-state index contributed by atoms with van der Waals surface area (Å²) in [5, 5.41) is 13.3. The van der Waals surface area contributed by atoms with Gasteiger partial charge in [-0.15, -0.1) is 0 Å². The minimum Gasteiger partial charge on any atom is -0.488 e. The number of aliphatic hydroxyl groups excluding tert-OH is 1. The van der Waals surface area contributed by atoms with Crippen molar-refractivity contribution < 1.29 is 36.6 Å². The summed E-state index contributed by atoms with van der Waals surface area (Å²) in [7, 11) is -5.51. The van der Waals surface area contributed by atoms with E-state index in [1.54, 1.807) is 37.3 Å². The lowest BCUT2D eigenvalue weighted by Gasteiger charge is -2.42. The molecule has 0 fully saturated rings. The van der Waals surface area contributed by atoms with Crippen LogP contribution in [0, 0.1) is 0 Å². The van der Waals surface area contributed by atoms with Crippen molar-refractivity contribution in [2.45, 2.75) is 88.7 Å². The standard InChI is InChI=1S/C33H48FN3O7SSi/c1-21(2)46(22(3)4,23(5)6)42-14-13-26(38)19-36-33(39)31-11-10-30(37-31)25-15-28(43-24(7)18-34)17-29(16-25)44-27-9-12-32(35-20-27)45(8,40)41/h9-12,15-17,20-24,26,37-38H,13-14,18-19H2,1-8H3,(H,36,39)/t24-,26+/m0/s1. The number of aliphatic hydroxyl groups is 1. The molecule has 3 N–H and O–H groups in total. The average Bonchev–Trinajstić information content (AvgIpc) is 3.48. The van der Waals surface area contributed by atoms with Crippen LogP contribution >= 0.6 is 0 Å². The number of hydrogen-bond donors (Lipinski definition) is 3. The minimum absolute atomic E-state index is 0.0741. The number of rotatable bonds is 17. The Labute approximate surface area is 273 Å². The van der Waals surface area contributed by atoms with Crippen LogP contribution in [-0.2, 0) is 14.3 Å². The highest BCUT2D eigenvalue weighted by atomic mass is 32.2. The van der Waals surface area contributed by atoms with Gasteiger partial charge in [-0.05, 0) is 66.4 Å². The quantitative estimate of drug-likeness (QED) is 0.135. The topological polar surface area (TPSA) is 140 Å². The third kappa shape index (κ3) is 9.63. The second-order valence-electron chi connectivity index (χ2n) is 12.6. The summed E-state index contributed by atoms with van der Waals surface area (Å²) in [6.07, 6.45) is 1.31. The summed E-state index contributed by atoms with van der Waals surface area (Å²) in [4.78, 5) is 20.0. The smallest absolute Gasteiger partial charge is 0.267 e. The molecule has 3 aromatic rings. The molecule has 1 aromatic carbocycles. The van der Waals surface area contributed by atoms with Gasteiger partial charge in [0.2, 0.25) is 0 Å². The van der Waals surface area contributed by atoms with E-state index < -0.39 is 37.0 Å². The average molecular weight is 678 g/mol. The highest BCUT2D eigenvalue weighted by Gasteiger charge is 2.44. The van der Waals surface area contributed by atoms with Crippen LogP contribution in [0.5, 0.6) is 17.2 Å². The lowest BCUT2D eigenvalue weighted by atomic mass is 10.1. The first-order valence-corrected chi connectivity index (χ1v) is 19.6. The number of benzene rings is 1. The molecule has 2 aromatic heterocycles. The van der Waals surface area contributed by atoms with E-state index in [0.29, 0.717) is 52.4 Å². The lowest BCUT2D eigenvalue weighted by Crippen LogP contribution is -2.48. The zero-order valence-corrected chi connectivity index (χ0v) is 29.8. The third-order valence-corrected chi connectivity index (χ3v) is 15.1. The first-order chi connectivity index (χ1) is 21.6. The Bertz CT molecular complexity index is 1520. The molecule has 2 heterocycles. The predicted octanol–water partition coefficient (Wildman–Crippen LogP) is 6.68. The van der Waals surface area contributed by atoms with Gasteiger partial charge in [0.05, 0.1) is 12.3 Å². The molecule has 10 nitrogen and oxygen atoms in total. The van der Waals surface area contributed by atoms with Crippen LogP contribution in [0.4, 0.5) is 4.39 Å². The van der Waals surface area contributed by atoms with Crippen molar-refractivity contribution in [3.05, 3.63) is 54.4 Å². The Kier molecular flexibility index (Phi) is 13.0. The number of amides is 1. The highest BCUT2D eigenvalue weighted by molar-refractivity contribution is 7.90. The van der Waals surface area contributed by atoms with Crippen LogP contribution in [0.3, 0.4) is 0 Å². The molecule has 0 aliphatic carbocycles. The van der Waals surface area contributed by atoms with Crippen LogP contribution in [0.1, 0.15) is 65.4 Å². The number of carbonyl (C=O) groups is 1. The Morgan fingerprint density at radius 3 is 2.20 bits per heavy atom. The number of H-pyrrole nitrogens is 1. The number of alkyl halides is 1. The Hall–Kier alpha value is -3.26. The third-order valence-electron chi connectivity index (χ3n) is 8.01. The molecule has 254 valence electrons. The molecule has 0 unspecified atom stereocenters. The fourth-order valence-electron chi connectivity index (χ4n) is 5.88. The van der Waals surface area contributed by atoms with Gasteiger partial charge in [0, 0.05) is 36.7 Å². The van der Waals surface area contributed by atoms with Crippen molar-refractivity contribution in [1.82, 2.24) is 15.3 Å². The van der Waals surface area contributed by atoms with Crippen molar-refractivity contribution in [2.24, 2.45) is 0 Å². The second-order valence-corrected chi connectivity index (χ2v) is 20.0. The molecule has 2 atom stereocenters. The maximum atomic E-state index is 13.2. The predicted molar refractivity (Wildman–Crippen MR) is 180 cm³/mol. The molecular formula is C33H48FN3O7SSi. The van der Waals surface area contributed by atoms with Crippen molar-refractivity contribution in [3.63, 3.8) is 0 Å². The van der Waals surface area contributed by atoms with E-state index in [0.717, 1.165) is 6.26 Å². The highest BCUT2D eigenvalue weighted by Crippen LogP contribution is 2.42. The Morgan fingerprint density at radius 1 is 0.978 bits per heavy atom. The number of carbonyl (C=O) groups excluding carboxylic acids is 1. The molecule has 46 heavy (non-hydrogen) atoms. The summed E-state index contributed by atoms with van der Waals surface area (Å²) in [6.45, 7) is 14.7. The van der Waals surface area contributed by atoms with Gasteiger partial charge >= 0.3 is 0 Å². The maximum absolute atomic E-state index is 13.2. The molecule has 0 aliphatic heterocycles. The van der Waals surface area contributed by atoms with Gasteiger partial charge in [-0.1, -0.05) is 41.5 Å². The number of pyridine rings is 1. The monoisotopic (exact) mass is 677 g/mol. The normalized spacial score (nSPS) is 13.7. The summed E-state index contributed by atoms with van der Waals surface area (Å²) in [5.74, 6) is 0.574. The fourth-order valence-corrected chi connectivity index (χ4v) is 11.9. The number of nitrogens with one attached hydrogen (secondary N) is 2. The van der Waals surface area contributed by atoms with Gasteiger partial charge in [-0.25, -0.2) is 17.8 Å². The van der Waals surface area contributed by atoms with E-state index in [2.05, 4.69) is 56.8 Å². The van der Waals surface area contributed by atoms with Gasteiger partial charge in [-0.2, -0.15) is 0 Å². The molecule has 0 saturated heterocycles. The number of sulfone groups is 1. The van der Waals surface area contributed by atoms with Crippen LogP contribution in [0.2, 0.25) is 16.6 Å². The first-order valence-electron chi connectivity index (χ1n) is 15.6. The van der Waals surface area contributed by atoms with E-state index in [4.69, 9.17) is 13.9 Å². The van der Waals surface area contributed by atoms with Gasteiger partial charge < -0.3 is 29.3 Å². The molecule has 0 aliphatic rings. The van der Waals surface area contributed by atoms with Crippen LogP contribution in [0.15, 0.2) is 53.7 Å². The Morgan fingerprint density at radius 2 is 1.63 bits per heavy atom. The number of ether oxygens (including phenoxy) is 2. The molecule has 0 spiro atoms. The number of aromatic amines is 1. The van der Waals surface area contributed by atoms with Crippen molar-refractivity contribution in [3.8, 4) is 28.5 Å². The second kappa shape index (κ2) is 16.0. The van der Waals surface area contributed by atoms with Crippen molar-refractivity contribution in [2.75, 3.05) is 26.1 Å². The Balaban J connectivity index is 1.69. The lowest BCUT2D eigenvalue weighted by molar-refractivity contribution is 0.0887. The summed E-state index contributed by atoms with van der Waals surface area (Å²) in [6, 6.07) is 11.1. The summed E-state index contributed by atoms with van der Waals surface area (Å²) >= 11 is 0. The van der Waals surface area contributed by atoms with E-state index in [1.165, 1.54) is 18.3 Å². The zero-order valence-electron chi connectivity index (χ0n) is 28.0. The molecular weight excluding hydrogens is 630 g/mol. The first kappa shape index (κ1) is 37.2. The van der Waals surface area contributed by atoms with Gasteiger partial charge in [-0.3, -0.25) is 4.79 Å². The zero-order chi connectivity index (χ0) is 34.2. The fraction of sp³-hybridized carbons (Fsp3) is 0.515. The molecule has 0 saturated carbocycles. The molecule has 1 amide bonds. The van der Waals surface area contributed by atoms with Crippen molar-refractivity contribution in [1.29, 1.82) is 0 Å². The molecule has 0 bridgehead atoms. The van der Waals surface area contributed by atoms with E-state index in [9.17, 15) is 22.7 Å². The summed E-state index contributed by atoms with van der Waals surface area (Å²) in [5.41, 5.74) is 2.79. The van der Waals surface area contributed by atoms with Gasteiger partial charge in [0.15, 0.2) is 23.2 Å². The molecule has 3 rings (SSSR count). The van der Waals surface area contributed by atoms with E-state index in [-0.39, 0.29) is 28.9 Å². The number of aromatic nitrogens is 2. The van der Waals surface area contributed by atoms with Crippen LogP contribution < -0.4 is 14.8 Å². The van der Waals surface area contributed by atoms with Gasteiger partial charge in [0.1, 0.15) is 35.7 Å². The number of hydrogen-bond acceptors (Lipinski definition) is 8.